The lowest BCUT2D eigenvalue weighted by atomic mass is 9.87. The van der Waals surface area contributed by atoms with Crippen molar-refractivity contribution in [3.05, 3.63) is 0 Å². The Morgan fingerprint density at radius 1 is 1.25 bits per heavy atom. The molecule has 2 nitrogen and oxygen atoms in total. The summed E-state index contributed by atoms with van der Waals surface area (Å²) < 4.78 is 0. The van der Waals surface area contributed by atoms with E-state index in [9.17, 15) is 0 Å². The van der Waals surface area contributed by atoms with Gasteiger partial charge in [0, 0.05) is 24.7 Å². The van der Waals surface area contributed by atoms with Gasteiger partial charge in [-0.25, -0.2) is 0 Å². The maximum absolute atomic E-state index is 3.67. The zero-order valence-corrected chi connectivity index (χ0v) is 11.3. The van der Waals surface area contributed by atoms with E-state index in [2.05, 4.69) is 31.0 Å². The minimum atomic E-state index is 0.446. The van der Waals surface area contributed by atoms with Gasteiger partial charge in [-0.05, 0) is 38.6 Å². The second-order valence-electron chi connectivity index (χ2n) is 5.89. The maximum Gasteiger partial charge on any atom is 0.0329 e. The first-order valence-corrected chi connectivity index (χ1v) is 7.18. The minimum absolute atomic E-state index is 0.446. The second-order valence-corrected chi connectivity index (χ2v) is 5.89. The van der Waals surface area contributed by atoms with Gasteiger partial charge in [0.2, 0.25) is 0 Å². The molecule has 0 radical (unpaired) electrons. The fraction of sp³-hybridized carbons (Fsp3) is 1.00. The molecule has 16 heavy (non-hydrogen) atoms. The minimum Gasteiger partial charge on any atom is -0.311 e. The van der Waals surface area contributed by atoms with E-state index in [1.807, 2.05) is 0 Å². The molecule has 1 aliphatic carbocycles. The van der Waals surface area contributed by atoms with E-state index in [4.69, 9.17) is 0 Å². The van der Waals surface area contributed by atoms with Gasteiger partial charge in [0.1, 0.15) is 0 Å². The Hall–Kier alpha value is -0.0800. The van der Waals surface area contributed by atoms with Gasteiger partial charge in [0.15, 0.2) is 0 Å². The van der Waals surface area contributed by atoms with Gasteiger partial charge < -0.3 is 5.32 Å². The van der Waals surface area contributed by atoms with Crippen molar-refractivity contribution in [2.24, 2.45) is 5.92 Å². The highest BCUT2D eigenvalue weighted by molar-refractivity contribution is 4.96. The van der Waals surface area contributed by atoms with Crippen LogP contribution in [0.1, 0.15) is 52.9 Å². The lowest BCUT2D eigenvalue weighted by Crippen LogP contribution is -2.63. The predicted octanol–water partition coefficient (Wildman–Crippen LogP) is 2.64. The quantitative estimate of drug-likeness (QED) is 0.772. The fourth-order valence-corrected chi connectivity index (χ4v) is 3.09. The van der Waals surface area contributed by atoms with Crippen molar-refractivity contribution in [1.82, 2.24) is 10.2 Å². The van der Waals surface area contributed by atoms with Gasteiger partial charge in [0.25, 0.3) is 0 Å². The van der Waals surface area contributed by atoms with Crippen LogP contribution in [0.2, 0.25) is 0 Å². The van der Waals surface area contributed by atoms with E-state index in [1.165, 1.54) is 51.7 Å². The summed E-state index contributed by atoms with van der Waals surface area (Å²) in [4.78, 5) is 2.78. The summed E-state index contributed by atoms with van der Waals surface area (Å²) in [6.07, 6.45) is 7.00. The largest absolute Gasteiger partial charge is 0.311 e. The normalized spacial score (nSPS) is 30.6. The van der Waals surface area contributed by atoms with Gasteiger partial charge >= 0.3 is 0 Å². The fourth-order valence-electron chi connectivity index (χ4n) is 3.09. The van der Waals surface area contributed by atoms with Crippen LogP contribution in [-0.2, 0) is 0 Å². The Balaban J connectivity index is 1.95. The van der Waals surface area contributed by atoms with Crippen molar-refractivity contribution >= 4 is 0 Å². The molecule has 0 aromatic rings. The smallest absolute Gasteiger partial charge is 0.0329 e. The van der Waals surface area contributed by atoms with Crippen molar-refractivity contribution < 1.29 is 0 Å². The molecule has 0 aromatic heterocycles. The van der Waals surface area contributed by atoms with E-state index in [-0.39, 0.29) is 0 Å². The van der Waals surface area contributed by atoms with Crippen LogP contribution >= 0.6 is 0 Å². The van der Waals surface area contributed by atoms with E-state index < -0.39 is 0 Å². The Morgan fingerprint density at radius 3 is 2.50 bits per heavy atom. The lowest BCUT2D eigenvalue weighted by molar-refractivity contribution is 0.0328. The van der Waals surface area contributed by atoms with Crippen LogP contribution in [0.3, 0.4) is 0 Å². The zero-order valence-electron chi connectivity index (χ0n) is 11.3. The van der Waals surface area contributed by atoms with E-state index in [1.54, 1.807) is 0 Å². The summed E-state index contributed by atoms with van der Waals surface area (Å²) in [6.45, 7) is 10.8. The number of rotatable bonds is 5. The molecule has 1 saturated heterocycles. The van der Waals surface area contributed by atoms with Crippen LogP contribution in [0, 0.1) is 5.92 Å². The zero-order chi connectivity index (χ0) is 11.6. The standard InChI is InChI=1S/C14H28N2/c1-4-14(5-2)11-15-12(3)10-16(14)9-8-13-6-7-13/h12-13,15H,4-11H2,1-3H3. The third kappa shape index (κ3) is 2.60. The molecular weight excluding hydrogens is 196 g/mol. The highest BCUT2D eigenvalue weighted by atomic mass is 15.3. The highest BCUT2D eigenvalue weighted by Gasteiger charge is 2.38. The summed E-state index contributed by atoms with van der Waals surface area (Å²) in [6, 6.07) is 0.672. The Kier molecular flexibility index (Phi) is 3.91. The van der Waals surface area contributed by atoms with Crippen molar-refractivity contribution in [2.75, 3.05) is 19.6 Å². The van der Waals surface area contributed by atoms with Crippen LogP contribution < -0.4 is 5.32 Å². The molecule has 1 atom stereocenters. The first kappa shape index (κ1) is 12.4. The van der Waals surface area contributed by atoms with Crippen molar-refractivity contribution in [3.63, 3.8) is 0 Å². The van der Waals surface area contributed by atoms with Crippen molar-refractivity contribution in [2.45, 2.75) is 64.5 Å². The molecule has 1 N–H and O–H groups in total. The molecule has 94 valence electrons. The van der Waals surface area contributed by atoms with Crippen molar-refractivity contribution in [1.29, 1.82) is 0 Å². The van der Waals surface area contributed by atoms with E-state index >= 15 is 0 Å². The number of nitrogens with zero attached hydrogens (tertiary/aromatic N) is 1. The molecule has 2 heteroatoms. The molecule has 1 heterocycles. The van der Waals surface area contributed by atoms with Gasteiger partial charge in [-0.3, -0.25) is 4.90 Å². The molecule has 1 unspecified atom stereocenters. The Labute approximate surface area is 101 Å². The molecule has 0 spiro atoms. The van der Waals surface area contributed by atoms with E-state index in [0.717, 1.165) is 5.92 Å². The van der Waals surface area contributed by atoms with Crippen LogP contribution in [0.15, 0.2) is 0 Å². The summed E-state index contributed by atoms with van der Waals surface area (Å²) in [7, 11) is 0. The average Bonchev–Trinajstić information content (AvgIpc) is 3.11. The number of piperazine rings is 1. The second kappa shape index (κ2) is 5.05. The summed E-state index contributed by atoms with van der Waals surface area (Å²) >= 11 is 0. The third-order valence-electron chi connectivity index (χ3n) is 4.77. The van der Waals surface area contributed by atoms with Gasteiger partial charge in [-0.15, -0.1) is 0 Å². The topological polar surface area (TPSA) is 15.3 Å². The van der Waals surface area contributed by atoms with Crippen LogP contribution in [0.4, 0.5) is 0 Å². The molecule has 2 fully saturated rings. The number of nitrogens with one attached hydrogen (secondary N) is 1. The van der Waals surface area contributed by atoms with Gasteiger partial charge in [0.05, 0.1) is 0 Å². The maximum atomic E-state index is 3.67. The Bertz CT molecular complexity index is 219. The summed E-state index contributed by atoms with van der Waals surface area (Å²) in [5.74, 6) is 1.07. The molecule has 0 amide bonds. The summed E-state index contributed by atoms with van der Waals surface area (Å²) in [5, 5.41) is 3.67. The van der Waals surface area contributed by atoms with Crippen LogP contribution in [0.25, 0.3) is 0 Å². The molecule has 2 aliphatic rings. The summed E-state index contributed by atoms with van der Waals surface area (Å²) in [5.41, 5.74) is 0.446. The molecule has 0 aromatic carbocycles. The predicted molar refractivity (Wildman–Crippen MR) is 69.7 cm³/mol. The Morgan fingerprint density at radius 2 is 1.94 bits per heavy atom. The van der Waals surface area contributed by atoms with Crippen molar-refractivity contribution in [3.8, 4) is 0 Å². The highest BCUT2D eigenvalue weighted by Crippen LogP contribution is 2.34. The molecule has 2 rings (SSSR count). The molecular formula is C14H28N2. The first-order chi connectivity index (χ1) is 7.70. The number of hydrogen-bond donors (Lipinski definition) is 1. The molecule has 1 saturated carbocycles. The molecule has 0 bridgehead atoms. The lowest BCUT2D eigenvalue weighted by Gasteiger charge is -2.49. The monoisotopic (exact) mass is 224 g/mol. The average molecular weight is 224 g/mol. The SMILES string of the molecule is CCC1(CC)CNC(C)CN1CCC1CC1. The van der Waals surface area contributed by atoms with Crippen LogP contribution in [-0.4, -0.2) is 36.1 Å². The van der Waals surface area contributed by atoms with E-state index in [0.29, 0.717) is 11.6 Å². The molecule has 1 aliphatic heterocycles. The van der Waals surface area contributed by atoms with Gasteiger partial charge in [-0.2, -0.15) is 0 Å². The van der Waals surface area contributed by atoms with Crippen LogP contribution in [0.5, 0.6) is 0 Å². The number of hydrogen-bond acceptors (Lipinski definition) is 2. The van der Waals surface area contributed by atoms with Gasteiger partial charge in [-0.1, -0.05) is 26.7 Å². The third-order valence-corrected chi connectivity index (χ3v) is 4.77. The first-order valence-electron chi connectivity index (χ1n) is 7.18.